The minimum atomic E-state index is -0.239. The van der Waals surface area contributed by atoms with Gasteiger partial charge in [0.2, 0.25) is 0 Å². The van der Waals surface area contributed by atoms with Gasteiger partial charge in [-0.15, -0.1) is 0 Å². The van der Waals surface area contributed by atoms with Crippen LogP contribution in [0, 0.1) is 0 Å². The summed E-state index contributed by atoms with van der Waals surface area (Å²) in [6.07, 6.45) is 2.00. The molecule has 68 valence electrons. The number of nitrogens with two attached hydrogens (primary N) is 1. The Morgan fingerprint density at radius 3 is 2.55 bits per heavy atom. The van der Waals surface area contributed by atoms with Crippen LogP contribution in [0.1, 0.15) is 26.7 Å². The maximum atomic E-state index is 8.53. The summed E-state index contributed by atoms with van der Waals surface area (Å²) in [7, 11) is 0. The highest BCUT2D eigenvalue weighted by atomic mass is 16.5. The first kappa shape index (κ1) is 10.9. The molecule has 0 aromatic rings. The van der Waals surface area contributed by atoms with Gasteiger partial charge in [-0.2, -0.15) is 0 Å². The summed E-state index contributed by atoms with van der Waals surface area (Å²) in [5.74, 6) is 0. The number of hydrogen-bond donors (Lipinski definition) is 2. The van der Waals surface area contributed by atoms with Crippen molar-refractivity contribution in [2.45, 2.75) is 32.3 Å². The number of hydrogen-bond acceptors (Lipinski definition) is 3. The van der Waals surface area contributed by atoms with E-state index in [9.17, 15) is 0 Å². The second kappa shape index (κ2) is 5.52. The van der Waals surface area contributed by atoms with Crippen LogP contribution in [-0.4, -0.2) is 30.5 Å². The first-order valence-electron chi connectivity index (χ1n) is 4.13. The Hall–Kier alpha value is -0.120. The molecular weight excluding hydrogens is 142 g/mol. The highest BCUT2D eigenvalue weighted by Gasteiger charge is 2.21. The number of rotatable bonds is 6. The minimum absolute atomic E-state index is 0.0688. The maximum Gasteiger partial charge on any atom is 0.0777 e. The van der Waals surface area contributed by atoms with Gasteiger partial charge >= 0.3 is 0 Å². The third-order valence-electron chi connectivity index (χ3n) is 1.75. The van der Waals surface area contributed by atoms with E-state index in [4.69, 9.17) is 15.6 Å². The Kier molecular flexibility index (Phi) is 5.46. The highest BCUT2D eigenvalue weighted by Crippen LogP contribution is 2.15. The van der Waals surface area contributed by atoms with Crippen molar-refractivity contribution in [3.63, 3.8) is 0 Å². The Balaban J connectivity index is 3.68. The van der Waals surface area contributed by atoms with Crippen molar-refractivity contribution < 1.29 is 9.84 Å². The van der Waals surface area contributed by atoms with E-state index >= 15 is 0 Å². The van der Waals surface area contributed by atoms with Crippen LogP contribution in [-0.2, 0) is 4.74 Å². The average Bonchev–Trinajstić information content (AvgIpc) is 2.02. The Labute approximate surface area is 68.5 Å². The fourth-order valence-corrected chi connectivity index (χ4v) is 1.05. The van der Waals surface area contributed by atoms with Crippen LogP contribution in [0.15, 0.2) is 0 Å². The molecular formula is C8H19NO2. The number of aliphatic hydroxyl groups excluding tert-OH is 1. The van der Waals surface area contributed by atoms with Gasteiger partial charge in [0.1, 0.15) is 0 Å². The molecule has 1 unspecified atom stereocenters. The lowest BCUT2D eigenvalue weighted by molar-refractivity contribution is -0.0448. The molecule has 0 aromatic carbocycles. The zero-order valence-corrected chi connectivity index (χ0v) is 7.47. The van der Waals surface area contributed by atoms with Gasteiger partial charge in [0.15, 0.2) is 0 Å². The summed E-state index contributed by atoms with van der Waals surface area (Å²) < 4.78 is 5.39. The van der Waals surface area contributed by atoms with E-state index in [0.717, 1.165) is 12.8 Å². The molecule has 0 bridgehead atoms. The van der Waals surface area contributed by atoms with Gasteiger partial charge in [0, 0.05) is 6.54 Å². The topological polar surface area (TPSA) is 55.5 Å². The average molecular weight is 161 g/mol. The summed E-state index contributed by atoms with van der Waals surface area (Å²) in [4.78, 5) is 0. The van der Waals surface area contributed by atoms with Crippen molar-refractivity contribution in [3.05, 3.63) is 0 Å². The molecule has 0 aromatic heterocycles. The van der Waals surface area contributed by atoms with Gasteiger partial charge in [-0.3, -0.25) is 0 Å². The first-order chi connectivity index (χ1) is 5.18. The lowest BCUT2D eigenvalue weighted by atomic mass is 10.0. The predicted octanol–water partition coefficient (Wildman–Crippen LogP) is 0.513. The molecule has 1 atom stereocenters. The van der Waals surface area contributed by atoms with Crippen LogP contribution in [0.2, 0.25) is 0 Å². The van der Waals surface area contributed by atoms with Gasteiger partial charge in [-0.1, -0.05) is 13.3 Å². The molecule has 3 N–H and O–H groups in total. The molecule has 0 heterocycles. The smallest absolute Gasteiger partial charge is 0.0777 e. The second-order valence-corrected chi connectivity index (χ2v) is 2.98. The molecule has 0 spiro atoms. The number of ether oxygens (including phenoxy) is 1. The molecule has 0 saturated carbocycles. The summed E-state index contributed by atoms with van der Waals surface area (Å²) in [6.45, 7) is 5.04. The maximum absolute atomic E-state index is 8.53. The van der Waals surface area contributed by atoms with Crippen LogP contribution >= 0.6 is 0 Å². The van der Waals surface area contributed by atoms with Crippen LogP contribution in [0.5, 0.6) is 0 Å². The summed E-state index contributed by atoms with van der Waals surface area (Å²) >= 11 is 0. The molecule has 0 aliphatic rings. The van der Waals surface area contributed by atoms with Crippen molar-refractivity contribution in [2.75, 3.05) is 19.8 Å². The van der Waals surface area contributed by atoms with E-state index in [1.165, 1.54) is 0 Å². The number of aliphatic hydroxyl groups is 1. The van der Waals surface area contributed by atoms with Crippen LogP contribution < -0.4 is 5.73 Å². The zero-order valence-electron chi connectivity index (χ0n) is 7.47. The largest absolute Gasteiger partial charge is 0.394 e. The van der Waals surface area contributed by atoms with E-state index in [2.05, 4.69) is 6.92 Å². The molecule has 0 saturated heterocycles. The predicted molar refractivity (Wildman–Crippen MR) is 45.4 cm³/mol. The van der Waals surface area contributed by atoms with Crippen LogP contribution in [0.25, 0.3) is 0 Å². The van der Waals surface area contributed by atoms with Gasteiger partial charge in [-0.25, -0.2) is 0 Å². The molecule has 0 aliphatic carbocycles. The molecule has 11 heavy (non-hydrogen) atoms. The van der Waals surface area contributed by atoms with Gasteiger partial charge in [0.25, 0.3) is 0 Å². The Bertz CT molecular complexity index is 98.1. The van der Waals surface area contributed by atoms with Gasteiger partial charge in [-0.05, 0) is 13.3 Å². The molecule has 0 fully saturated rings. The molecule has 0 amide bonds. The second-order valence-electron chi connectivity index (χ2n) is 2.98. The van der Waals surface area contributed by atoms with Gasteiger partial charge in [0.05, 0.1) is 18.8 Å². The van der Waals surface area contributed by atoms with Crippen molar-refractivity contribution >= 4 is 0 Å². The van der Waals surface area contributed by atoms with E-state index in [1.54, 1.807) is 0 Å². The van der Waals surface area contributed by atoms with Crippen molar-refractivity contribution in [3.8, 4) is 0 Å². The summed E-state index contributed by atoms with van der Waals surface area (Å²) in [6, 6.07) is 0. The normalized spacial score (nSPS) is 16.4. The fraction of sp³-hybridized carbons (Fsp3) is 1.00. The minimum Gasteiger partial charge on any atom is -0.394 e. The van der Waals surface area contributed by atoms with E-state index in [-0.39, 0.29) is 12.2 Å². The van der Waals surface area contributed by atoms with Crippen LogP contribution in [0.3, 0.4) is 0 Å². The summed E-state index contributed by atoms with van der Waals surface area (Å²) in [5, 5.41) is 8.53. The van der Waals surface area contributed by atoms with E-state index < -0.39 is 0 Å². The molecule has 3 heteroatoms. The fourth-order valence-electron chi connectivity index (χ4n) is 1.05. The Morgan fingerprint density at radius 2 is 2.18 bits per heavy atom. The quantitative estimate of drug-likeness (QED) is 0.597. The lowest BCUT2D eigenvalue weighted by Crippen LogP contribution is -2.38. The van der Waals surface area contributed by atoms with Crippen molar-refractivity contribution in [2.24, 2.45) is 5.73 Å². The molecule has 0 aliphatic heterocycles. The monoisotopic (exact) mass is 161 g/mol. The van der Waals surface area contributed by atoms with Gasteiger partial charge < -0.3 is 15.6 Å². The SMILES string of the molecule is CCCC(C)(CN)OCCO. The third kappa shape index (κ3) is 4.35. The molecule has 0 rings (SSSR count). The molecule has 3 nitrogen and oxygen atoms in total. The highest BCUT2D eigenvalue weighted by molar-refractivity contribution is 4.75. The van der Waals surface area contributed by atoms with E-state index in [0.29, 0.717) is 13.2 Å². The zero-order chi connectivity index (χ0) is 8.74. The van der Waals surface area contributed by atoms with Crippen molar-refractivity contribution in [1.29, 1.82) is 0 Å². The first-order valence-corrected chi connectivity index (χ1v) is 4.13. The molecule has 0 radical (unpaired) electrons. The third-order valence-corrected chi connectivity index (χ3v) is 1.75. The standard InChI is InChI=1S/C8H19NO2/c1-3-4-8(2,7-9)11-6-5-10/h10H,3-7,9H2,1-2H3. The van der Waals surface area contributed by atoms with Crippen molar-refractivity contribution in [1.82, 2.24) is 0 Å². The summed E-state index contributed by atoms with van der Waals surface area (Å²) in [5.41, 5.74) is 5.29. The van der Waals surface area contributed by atoms with Crippen LogP contribution in [0.4, 0.5) is 0 Å². The Morgan fingerprint density at radius 1 is 1.55 bits per heavy atom. The lowest BCUT2D eigenvalue weighted by Gasteiger charge is -2.27. The van der Waals surface area contributed by atoms with E-state index in [1.807, 2.05) is 6.92 Å².